The normalized spacial score (nSPS) is 16.8. The van der Waals surface area contributed by atoms with Crippen molar-refractivity contribution < 1.29 is 8.42 Å². The van der Waals surface area contributed by atoms with Crippen molar-refractivity contribution in [2.75, 3.05) is 43.6 Å². The first-order chi connectivity index (χ1) is 11.9. The monoisotopic (exact) mass is 366 g/mol. The van der Waals surface area contributed by atoms with Gasteiger partial charge in [-0.05, 0) is 43.9 Å². The van der Waals surface area contributed by atoms with Gasteiger partial charge in [0.1, 0.15) is 9.84 Å². The molecule has 7 heteroatoms. The maximum absolute atomic E-state index is 11.2. The summed E-state index contributed by atoms with van der Waals surface area (Å²) >= 11 is 0. The van der Waals surface area contributed by atoms with Gasteiger partial charge >= 0.3 is 0 Å². The molecule has 2 rings (SSSR count). The molecule has 1 aromatic rings. The second-order valence-corrected chi connectivity index (χ2v) is 8.90. The SMILES string of the molecule is CN=C(NCCCS(C)(=O)=O)NC(C)c1cccc(N2CCCC2)c1. The molecule has 0 radical (unpaired) electrons. The van der Waals surface area contributed by atoms with Gasteiger partial charge in [-0.2, -0.15) is 0 Å². The van der Waals surface area contributed by atoms with Crippen LogP contribution in [-0.2, 0) is 9.84 Å². The molecule has 0 bridgehead atoms. The zero-order valence-electron chi connectivity index (χ0n) is 15.5. The number of aliphatic imine (C=N–C) groups is 1. The number of hydrogen-bond acceptors (Lipinski definition) is 4. The van der Waals surface area contributed by atoms with E-state index in [9.17, 15) is 8.42 Å². The average molecular weight is 367 g/mol. The Kier molecular flexibility index (Phi) is 7.11. The van der Waals surface area contributed by atoms with Crippen LogP contribution in [0.3, 0.4) is 0 Å². The number of hydrogen-bond donors (Lipinski definition) is 2. The molecule has 1 heterocycles. The maximum atomic E-state index is 11.2. The van der Waals surface area contributed by atoms with Gasteiger partial charge in [0, 0.05) is 38.6 Å². The minimum absolute atomic E-state index is 0.115. The predicted molar refractivity (Wildman–Crippen MR) is 105 cm³/mol. The van der Waals surface area contributed by atoms with Gasteiger partial charge in [0.05, 0.1) is 11.8 Å². The third kappa shape index (κ3) is 6.57. The van der Waals surface area contributed by atoms with Gasteiger partial charge in [-0.25, -0.2) is 8.42 Å². The summed E-state index contributed by atoms with van der Waals surface area (Å²) in [6.45, 7) is 4.95. The van der Waals surface area contributed by atoms with Gasteiger partial charge in [-0.15, -0.1) is 0 Å². The standard InChI is InChI=1S/C18H30N4O2S/c1-15(21-18(19-2)20-10-7-13-25(3,23)24)16-8-6-9-17(14-16)22-11-4-5-12-22/h6,8-9,14-15H,4-5,7,10-13H2,1-3H3,(H2,19,20,21). The minimum Gasteiger partial charge on any atom is -0.372 e. The van der Waals surface area contributed by atoms with Crippen LogP contribution in [0, 0.1) is 0 Å². The zero-order chi connectivity index (χ0) is 18.3. The summed E-state index contributed by atoms with van der Waals surface area (Å²) in [6, 6.07) is 8.74. The number of guanidine groups is 1. The van der Waals surface area contributed by atoms with Gasteiger partial charge in [-0.3, -0.25) is 4.99 Å². The first kappa shape index (κ1) is 19.6. The Morgan fingerprint density at radius 1 is 1.32 bits per heavy atom. The second-order valence-electron chi connectivity index (χ2n) is 6.64. The molecule has 1 aromatic carbocycles. The first-order valence-electron chi connectivity index (χ1n) is 8.89. The van der Waals surface area contributed by atoms with Crippen molar-refractivity contribution in [1.82, 2.24) is 10.6 Å². The molecule has 0 aliphatic carbocycles. The van der Waals surface area contributed by atoms with Crippen molar-refractivity contribution in [1.29, 1.82) is 0 Å². The molecule has 0 spiro atoms. The molecule has 140 valence electrons. The molecule has 1 atom stereocenters. The van der Waals surface area contributed by atoms with E-state index in [0.717, 1.165) is 13.1 Å². The molecule has 1 saturated heterocycles. The first-order valence-corrected chi connectivity index (χ1v) is 10.9. The summed E-state index contributed by atoms with van der Waals surface area (Å²) in [5.74, 6) is 0.873. The van der Waals surface area contributed by atoms with Crippen molar-refractivity contribution in [3.63, 3.8) is 0 Å². The Morgan fingerprint density at radius 2 is 2.04 bits per heavy atom. The van der Waals surface area contributed by atoms with E-state index in [-0.39, 0.29) is 11.8 Å². The van der Waals surface area contributed by atoms with Crippen LogP contribution >= 0.6 is 0 Å². The van der Waals surface area contributed by atoms with E-state index < -0.39 is 9.84 Å². The number of anilines is 1. The lowest BCUT2D eigenvalue weighted by molar-refractivity contribution is 0.598. The van der Waals surface area contributed by atoms with Crippen molar-refractivity contribution in [2.45, 2.75) is 32.2 Å². The number of sulfone groups is 1. The van der Waals surface area contributed by atoms with E-state index in [1.54, 1.807) is 7.05 Å². The Morgan fingerprint density at radius 3 is 2.68 bits per heavy atom. The Hall–Kier alpha value is -1.76. The van der Waals surface area contributed by atoms with Crippen LogP contribution in [0.25, 0.3) is 0 Å². The molecule has 1 fully saturated rings. The summed E-state index contributed by atoms with van der Waals surface area (Å²) in [6.07, 6.45) is 4.36. The molecule has 25 heavy (non-hydrogen) atoms. The van der Waals surface area contributed by atoms with E-state index in [1.807, 2.05) is 0 Å². The van der Waals surface area contributed by atoms with Gasteiger partial charge in [0.2, 0.25) is 0 Å². The summed E-state index contributed by atoms with van der Waals surface area (Å²) < 4.78 is 22.3. The highest BCUT2D eigenvalue weighted by Crippen LogP contribution is 2.23. The van der Waals surface area contributed by atoms with E-state index in [1.165, 1.54) is 30.3 Å². The van der Waals surface area contributed by atoms with Crippen molar-refractivity contribution >= 4 is 21.5 Å². The third-order valence-electron chi connectivity index (χ3n) is 4.40. The Balaban J connectivity index is 1.88. The van der Waals surface area contributed by atoms with Crippen LogP contribution in [0.1, 0.15) is 37.8 Å². The molecule has 0 amide bonds. The maximum Gasteiger partial charge on any atom is 0.191 e. The molecule has 0 aromatic heterocycles. The van der Waals surface area contributed by atoms with Gasteiger partial charge in [0.25, 0.3) is 0 Å². The summed E-state index contributed by atoms with van der Waals surface area (Å²) in [5.41, 5.74) is 2.49. The van der Waals surface area contributed by atoms with E-state index in [2.05, 4.69) is 51.7 Å². The van der Waals surface area contributed by atoms with Crippen LogP contribution in [0.4, 0.5) is 5.69 Å². The Labute approximate surface area is 151 Å². The van der Waals surface area contributed by atoms with Crippen molar-refractivity contribution in [2.24, 2.45) is 4.99 Å². The van der Waals surface area contributed by atoms with Gasteiger partial charge in [0.15, 0.2) is 5.96 Å². The van der Waals surface area contributed by atoms with Crippen molar-refractivity contribution in [3.05, 3.63) is 29.8 Å². The molecule has 1 aliphatic rings. The lowest BCUT2D eigenvalue weighted by atomic mass is 10.1. The third-order valence-corrected chi connectivity index (χ3v) is 5.43. The number of rotatable bonds is 7. The summed E-state index contributed by atoms with van der Waals surface area (Å²) in [4.78, 5) is 6.65. The molecule has 6 nitrogen and oxygen atoms in total. The van der Waals surface area contributed by atoms with Crippen LogP contribution < -0.4 is 15.5 Å². The highest BCUT2D eigenvalue weighted by Gasteiger charge is 2.14. The fourth-order valence-electron chi connectivity index (χ4n) is 2.99. The van der Waals surface area contributed by atoms with E-state index >= 15 is 0 Å². The molecule has 1 unspecified atom stereocenters. The highest BCUT2D eigenvalue weighted by molar-refractivity contribution is 7.90. The lowest BCUT2D eigenvalue weighted by Crippen LogP contribution is -2.39. The van der Waals surface area contributed by atoms with Crippen LogP contribution in [0.2, 0.25) is 0 Å². The van der Waals surface area contributed by atoms with Gasteiger partial charge in [-0.1, -0.05) is 12.1 Å². The lowest BCUT2D eigenvalue weighted by Gasteiger charge is -2.22. The van der Waals surface area contributed by atoms with Crippen LogP contribution in [0.15, 0.2) is 29.3 Å². The minimum atomic E-state index is -2.91. The quantitative estimate of drug-likeness (QED) is 0.438. The second kappa shape index (κ2) is 9.08. The summed E-state index contributed by atoms with van der Waals surface area (Å²) in [7, 11) is -1.19. The van der Waals surface area contributed by atoms with Gasteiger partial charge < -0.3 is 15.5 Å². The van der Waals surface area contributed by atoms with E-state index in [0.29, 0.717) is 18.9 Å². The molecule has 2 N–H and O–H groups in total. The fraction of sp³-hybridized carbons (Fsp3) is 0.611. The smallest absolute Gasteiger partial charge is 0.191 e. The predicted octanol–water partition coefficient (Wildman–Crippen LogP) is 1.95. The molecular weight excluding hydrogens is 336 g/mol. The zero-order valence-corrected chi connectivity index (χ0v) is 16.3. The number of benzene rings is 1. The molecular formula is C18H30N4O2S. The summed E-state index contributed by atoms with van der Waals surface area (Å²) in [5, 5.41) is 6.55. The molecule has 1 aliphatic heterocycles. The number of nitrogens with one attached hydrogen (secondary N) is 2. The fourth-order valence-corrected chi connectivity index (χ4v) is 3.66. The highest BCUT2D eigenvalue weighted by atomic mass is 32.2. The molecule has 0 saturated carbocycles. The topological polar surface area (TPSA) is 73.8 Å². The average Bonchev–Trinajstić information content (AvgIpc) is 3.11. The Bertz CT molecular complexity index is 682. The largest absolute Gasteiger partial charge is 0.372 e. The van der Waals surface area contributed by atoms with Crippen LogP contribution in [0.5, 0.6) is 0 Å². The van der Waals surface area contributed by atoms with E-state index in [4.69, 9.17) is 0 Å². The van der Waals surface area contributed by atoms with Crippen molar-refractivity contribution in [3.8, 4) is 0 Å². The number of nitrogens with zero attached hydrogens (tertiary/aromatic N) is 2. The van der Waals surface area contributed by atoms with Crippen LogP contribution in [-0.4, -0.2) is 53.1 Å².